The van der Waals surface area contributed by atoms with E-state index in [1.165, 1.54) is 24.7 Å². The number of carbonyl (C=O) groups is 4. The monoisotopic (exact) mass is 592 g/mol. The highest BCUT2D eigenvalue weighted by Gasteiger charge is 2.40. The van der Waals surface area contributed by atoms with Crippen molar-refractivity contribution >= 4 is 23.8 Å². The van der Waals surface area contributed by atoms with Gasteiger partial charge in [-0.1, -0.05) is 57.2 Å². The van der Waals surface area contributed by atoms with Gasteiger partial charge >= 0.3 is 6.09 Å². The standard InChI is InChI=1S/C33H44N4O6/c1-33(2,3)20-28(36(4)32(42)43)30(40)35-26(19-21-14-16-23(38)17-15-21)31(41)37-18-8-13-27(37)29(39)34-25-12-7-10-22-9-5-6-11-24(22)25/h5-6,9,11,14-17,25-28,38H,7-8,10,12-13,18-20H2,1-4H3,(H,34,39)(H,35,40)(H,42,43)/t25-,26+,27+,28+/m1/s1. The van der Waals surface area contributed by atoms with Crippen LogP contribution >= 0.6 is 0 Å². The van der Waals surface area contributed by atoms with Gasteiger partial charge in [0.25, 0.3) is 0 Å². The molecule has 1 fully saturated rings. The largest absolute Gasteiger partial charge is 0.508 e. The number of carbonyl (C=O) groups excluding carboxylic acids is 3. The number of benzene rings is 2. The van der Waals surface area contributed by atoms with E-state index in [1.807, 2.05) is 39.0 Å². The summed E-state index contributed by atoms with van der Waals surface area (Å²) in [5.74, 6) is -1.10. The molecule has 0 spiro atoms. The van der Waals surface area contributed by atoms with Crippen molar-refractivity contribution in [2.45, 2.75) is 89.9 Å². The van der Waals surface area contributed by atoms with Gasteiger partial charge in [-0.2, -0.15) is 0 Å². The third-order valence-electron chi connectivity index (χ3n) is 8.39. The van der Waals surface area contributed by atoms with Crippen LogP contribution in [-0.4, -0.2) is 75.5 Å². The van der Waals surface area contributed by atoms with E-state index in [9.17, 15) is 29.4 Å². The maximum atomic E-state index is 14.1. The zero-order chi connectivity index (χ0) is 31.3. The fraction of sp³-hybridized carbons (Fsp3) is 0.515. The SMILES string of the molecule is CN(C(=O)O)[C@@H](CC(C)(C)C)C(=O)N[C@@H](Cc1ccc(O)cc1)C(=O)N1CCC[C@H]1C(=O)N[C@@H]1CCCc2ccccc21. The number of aromatic hydroxyl groups is 1. The lowest BCUT2D eigenvalue weighted by Crippen LogP contribution is -2.58. The molecular weight excluding hydrogens is 548 g/mol. The lowest BCUT2D eigenvalue weighted by atomic mass is 9.87. The Hall–Kier alpha value is -4.08. The van der Waals surface area contributed by atoms with Crippen LogP contribution in [0.1, 0.15) is 75.6 Å². The summed E-state index contributed by atoms with van der Waals surface area (Å²) in [7, 11) is 1.35. The van der Waals surface area contributed by atoms with Crippen LogP contribution in [0.4, 0.5) is 4.79 Å². The van der Waals surface area contributed by atoms with E-state index in [1.54, 1.807) is 17.0 Å². The van der Waals surface area contributed by atoms with Gasteiger partial charge in [0.05, 0.1) is 6.04 Å². The Morgan fingerprint density at radius 3 is 2.40 bits per heavy atom. The fourth-order valence-corrected chi connectivity index (χ4v) is 6.13. The summed E-state index contributed by atoms with van der Waals surface area (Å²) in [4.78, 5) is 55.7. The molecule has 10 heteroatoms. The van der Waals surface area contributed by atoms with Gasteiger partial charge in [-0.15, -0.1) is 0 Å². The predicted molar refractivity (Wildman–Crippen MR) is 162 cm³/mol. The smallest absolute Gasteiger partial charge is 0.407 e. The summed E-state index contributed by atoms with van der Waals surface area (Å²) in [6.07, 6.45) is 3.06. The number of fused-ring (bicyclic) bond motifs is 1. The van der Waals surface area contributed by atoms with E-state index in [0.29, 0.717) is 24.9 Å². The van der Waals surface area contributed by atoms with E-state index in [2.05, 4.69) is 16.7 Å². The lowest BCUT2D eigenvalue weighted by molar-refractivity contribution is -0.142. The first-order valence-electron chi connectivity index (χ1n) is 15.1. The minimum absolute atomic E-state index is 0.0737. The summed E-state index contributed by atoms with van der Waals surface area (Å²) < 4.78 is 0. The molecule has 2 aromatic carbocycles. The number of phenolic OH excluding ortho intramolecular Hbond substituents is 1. The fourth-order valence-electron chi connectivity index (χ4n) is 6.13. The van der Waals surface area contributed by atoms with Crippen molar-refractivity contribution in [2.75, 3.05) is 13.6 Å². The van der Waals surface area contributed by atoms with Crippen molar-refractivity contribution in [1.82, 2.24) is 20.4 Å². The van der Waals surface area contributed by atoms with Crippen molar-refractivity contribution in [3.8, 4) is 5.75 Å². The van der Waals surface area contributed by atoms with E-state index in [0.717, 1.165) is 29.7 Å². The molecule has 10 nitrogen and oxygen atoms in total. The number of carboxylic acid groups (broad SMARTS) is 1. The highest BCUT2D eigenvalue weighted by Crippen LogP contribution is 2.30. The highest BCUT2D eigenvalue weighted by molar-refractivity contribution is 5.94. The average molecular weight is 593 g/mol. The summed E-state index contributed by atoms with van der Waals surface area (Å²) in [6, 6.07) is 11.6. The molecule has 4 rings (SSSR count). The van der Waals surface area contributed by atoms with Crippen molar-refractivity contribution < 1.29 is 29.4 Å². The van der Waals surface area contributed by atoms with Crippen LogP contribution in [0.2, 0.25) is 0 Å². The predicted octanol–water partition coefficient (Wildman–Crippen LogP) is 4.02. The van der Waals surface area contributed by atoms with Gasteiger partial charge in [-0.3, -0.25) is 19.3 Å². The average Bonchev–Trinajstić information content (AvgIpc) is 3.46. The quantitative estimate of drug-likeness (QED) is 0.347. The Morgan fingerprint density at radius 1 is 1.02 bits per heavy atom. The maximum Gasteiger partial charge on any atom is 0.407 e. The van der Waals surface area contributed by atoms with Crippen LogP contribution < -0.4 is 10.6 Å². The number of aryl methyl sites for hydroxylation is 1. The van der Waals surface area contributed by atoms with E-state index >= 15 is 0 Å². The number of phenols is 1. The molecular formula is C33H44N4O6. The van der Waals surface area contributed by atoms with E-state index in [4.69, 9.17) is 0 Å². The molecule has 1 heterocycles. The Morgan fingerprint density at radius 2 is 1.72 bits per heavy atom. The molecule has 2 aromatic rings. The van der Waals surface area contributed by atoms with Crippen LogP contribution in [0.3, 0.4) is 0 Å². The number of nitrogens with zero attached hydrogens (tertiary/aromatic N) is 2. The molecule has 0 bridgehead atoms. The van der Waals surface area contributed by atoms with Crippen molar-refractivity contribution in [1.29, 1.82) is 0 Å². The van der Waals surface area contributed by atoms with Gasteiger partial charge in [-0.05, 0) is 72.8 Å². The molecule has 0 saturated carbocycles. The van der Waals surface area contributed by atoms with E-state index in [-0.39, 0.29) is 36.0 Å². The topological polar surface area (TPSA) is 139 Å². The van der Waals surface area contributed by atoms with Crippen molar-refractivity contribution in [3.63, 3.8) is 0 Å². The van der Waals surface area contributed by atoms with Crippen LogP contribution in [0, 0.1) is 5.41 Å². The summed E-state index contributed by atoms with van der Waals surface area (Å²) in [5, 5.41) is 25.5. The molecule has 1 saturated heterocycles. The Kier molecular flexibility index (Phi) is 9.98. The summed E-state index contributed by atoms with van der Waals surface area (Å²) in [5.41, 5.74) is 2.68. The van der Waals surface area contributed by atoms with Crippen LogP contribution in [0.25, 0.3) is 0 Å². The molecule has 232 valence electrons. The normalized spacial score (nSPS) is 19.6. The first-order chi connectivity index (χ1) is 20.3. The van der Waals surface area contributed by atoms with Gasteiger partial charge in [-0.25, -0.2) is 4.79 Å². The Labute approximate surface area is 253 Å². The number of rotatable bonds is 9. The van der Waals surface area contributed by atoms with Gasteiger partial charge in [0.2, 0.25) is 17.7 Å². The number of amides is 4. The first kappa shape index (κ1) is 31.8. The maximum absolute atomic E-state index is 14.1. The number of nitrogens with one attached hydrogen (secondary N) is 2. The van der Waals surface area contributed by atoms with Gasteiger partial charge < -0.3 is 25.7 Å². The minimum atomic E-state index is -1.24. The molecule has 0 radical (unpaired) electrons. The van der Waals surface area contributed by atoms with Crippen LogP contribution in [0.15, 0.2) is 48.5 Å². The molecule has 4 N–H and O–H groups in total. The van der Waals surface area contributed by atoms with Gasteiger partial charge in [0.1, 0.15) is 23.9 Å². The molecule has 4 atom stereocenters. The number of hydrogen-bond donors (Lipinski definition) is 4. The molecule has 0 aromatic heterocycles. The van der Waals surface area contributed by atoms with Crippen LogP contribution in [-0.2, 0) is 27.2 Å². The molecule has 0 unspecified atom stereocenters. The van der Waals surface area contributed by atoms with Crippen molar-refractivity contribution in [2.24, 2.45) is 5.41 Å². The molecule has 1 aliphatic carbocycles. The number of likely N-dealkylation sites (N-methyl/N-ethyl adjacent to an activating group) is 1. The summed E-state index contributed by atoms with van der Waals surface area (Å²) >= 11 is 0. The van der Waals surface area contributed by atoms with Crippen LogP contribution in [0.5, 0.6) is 5.75 Å². The lowest BCUT2D eigenvalue weighted by Gasteiger charge is -2.34. The zero-order valence-corrected chi connectivity index (χ0v) is 25.5. The van der Waals surface area contributed by atoms with E-state index < -0.39 is 36.0 Å². The third kappa shape index (κ3) is 8.06. The second-order valence-electron chi connectivity index (χ2n) is 12.9. The van der Waals surface area contributed by atoms with Gasteiger partial charge in [0, 0.05) is 20.0 Å². The highest BCUT2D eigenvalue weighted by atomic mass is 16.4. The Bertz CT molecular complexity index is 1320. The first-order valence-corrected chi connectivity index (χ1v) is 15.1. The second-order valence-corrected chi connectivity index (χ2v) is 12.9. The summed E-state index contributed by atoms with van der Waals surface area (Å²) in [6.45, 7) is 6.13. The Balaban J connectivity index is 1.56. The minimum Gasteiger partial charge on any atom is -0.508 e. The zero-order valence-electron chi connectivity index (χ0n) is 25.5. The third-order valence-corrected chi connectivity index (χ3v) is 8.39. The molecule has 43 heavy (non-hydrogen) atoms. The molecule has 2 aliphatic rings. The number of hydrogen-bond acceptors (Lipinski definition) is 5. The van der Waals surface area contributed by atoms with Gasteiger partial charge in [0.15, 0.2) is 0 Å². The molecule has 4 amide bonds. The second kappa shape index (κ2) is 13.5. The number of likely N-dealkylation sites (tertiary alicyclic amines) is 1. The van der Waals surface area contributed by atoms with Crippen molar-refractivity contribution in [3.05, 3.63) is 65.2 Å². The molecule has 1 aliphatic heterocycles.